The van der Waals surface area contributed by atoms with Crippen LogP contribution in [0.2, 0.25) is 0 Å². The summed E-state index contributed by atoms with van der Waals surface area (Å²) in [5.41, 5.74) is 5.96. The van der Waals surface area contributed by atoms with E-state index in [1.165, 1.54) is 0 Å². The number of anilines is 2. The largest absolute Gasteiger partial charge is 0.352 e. The van der Waals surface area contributed by atoms with E-state index < -0.39 is 0 Å². The summed E-state index contributed by atoms with van der Waals surface area (Å²) in [4.78, 5) is 40.8. The van der Waals surface area contributed by atoms with Crippen molar-refractivity contribution in [2.45, 2.75) is 0 Å². The predicted octanol–water partition coefficient (Wildman–Crippen LogP) is 2.21. The normalized spacial score (nSPS) is 14.6. The van der Waals surface area contributed by atoms with E-state index in [0.717, 1.165) is 54.1 Å². The van der Waals surface area contributed by atoms with Gasteiger partial charge >= 0.3 is 0 Å². The minimum Gasteiger partial charge on any atom is -0.352 e. The van der Waals surface area contributed by atoms with Crippen molar-refractivity contribution in [3.63, 3.8) is 0 Å². The number of amides is 1. The highest BCUT2D eigenvalue weighted by molar-refractivity contribution is 5.95. The van der Waals surface area contributed by atoms with Gasteiger partial charge in [0.05, 0.1) is 35.2 Å². The fourth-order valence-electron chi connectivity index (χ4n) is 4.64. The number of likely N-dealkylation sites (N-methyl/N-ethyl adjacent to an activating group) is 2. The number of imidazole rings is 1. The molecule has 1 aliphatic rings. The Morgan fingerprint density at radius 3 is 2.71 bits per heavy atom. The van der Waals surface area contributed by atoms with Gasteiger partial charge in [-0.05, 0) is 45.4 Å². The molecule has 3 N–H and O–H groups in total. The highest BCUT2D eigenvalue weighted by atomic mass is 16.2. The summed E-state index contributed by atoms with van der Waals surface area (Å²) in [6.45, 7) is 4.08. The fourth-order valence-corrected chi connectivity index (χ4v) is 4.64. The van der Waals surface area contributed by atoms with Gasteiger partial charge in [0.25, 0.3) is 0 Å². The molecule has 0 unspecified atom stereocenters. The number of rotatable bonds is 6. The van der Waals surface area contributed by atoms with Crippen molar-refractivity contribution in [1.29, 1.82) is 0 Å². The van der Waals surface area contributed by atoms with Crippen molar-refractivity contribution in [2.24, 2.45) is 0 Å². The summed E-state index contributed by atoms with van der Waals surface area (Å²) >= 11 is 0. The molecule has 12 nitrogen and oxygen atoms in total. The summed E-state index contributed by atoms with van der Waals surface area (Å²) in [7, 11) is 5.83. The standard InChI is InChI=1S/C26H29N11O/c1-35(2)15-21(38)29-17-12-16(13-27-14-17)18-4-5-20-22(30-18)24(34-33-20)25-31-19-6-7-28-26(23(19)32-25)37-10-8-36(3)9-11-37/h4-7,12-14H,8-11,15H2,1-3H3,(H,29,38)(H,31,32)(H,33,34). The molecule has 0 atom stereocenters. The third-order valence-corrected chi connectivity index (χ3v) is 6.59. The summed E-state index contributed by atoms with van der Waals surface area (Å²) in [5.74, 6) is 1.40. The number of H-pyrrole nitrogens is 2. The quantitative estimate of drug-likeness (QED) is 0.314. The summed E-state index contributed by atoms with van der Waals surface area (Å²) in [6, 6.07) is 7.64. The fraction of sp³-hybridized carbons (Fsp3) is 0.308. The molecule has 5 aromatic rings. The minimum absolute atomic E-state index is 0.107. The predicted molar refractivity (Wildman–Crippen MR) is 147 cm³/mol. The molecule has 6 heterocycles. The van der Waals surface area contributed by atoms with Crippen molar-refractivity contribution in [3.8, 4) is 22.8 Å². The second-order valence-electron chi connectivity index (χ2n) is 9.82. The molecular weight excluding hydrogens is 482 g/mol. The van der Waals surface area contributed by atoms with Crippen molar-refractivity contribution >= 4 is 39.5 Å². The maximum atomic E-state index is 12.2. The Labute approximate surface area is 219 Å². The molecule has 0 aromatic carbocycles. The molecule has 12 heteroatoms. The molecule has 1 fully saturated rings. The van der Waals surface area contributed by atoms with E-state index in [-0.39, 0.29) is 12.5 Å². The Kier molecular flexibility index (Phi) is 6.18. The Hall–Kier alpha value is -4.42. The molecular formula is C26H29N11O. The number of hydrogen-bond donors (Lipinski definition) is 3. The van der Waals surface area contributed by atoms with E-state index in [1.54, 1.807) is 12.4 Å². The van der Waals surface area contributed by atoms with Gasteiger partial charge in [-0.3, -0.25) is 14.9 Å². The van der Waals surface area contributed by atoms with E-state index in [1.807, 2.05) is 49.5 Å². The van der Waals surface area contributed by atoms with Gasteiger partial charge in [0.15, 0.2) is 17.3 Å². The van der Waals surface area contributed by atoms with Crippen LogP contribution < -0.4 is 10.2 Å². The van der Waals surface area contributed by atoms with Crippen LogP contribution in [0.4, 0.5) is 11.5 Å². The highest BCUT2D eigenvalue weighted by Crippen LogP contribution is 2.30. The van der Waals surface area contributed by atoms with Crippen LogP contribution in [0.25, 0.3) is 44.8 Å². The van der Waals surface area contributed by atoms with Gasteiger partial charge in [-0.25, -0.2) is 15.0 Å². The van der Waals surface area contributed by atoms with Crippen LogP contribution in [-0.4, -0.2) is 105 Å². The van der Waals surface area contributed by atoms with Crippen LogP contribution in [0.5, 0.6) is 0 Å². The lowest BCUT2D eigenvalue weighted by Crippen LogP contribution is -2.44. The molecule has 1 amide bonds. The molecule has 0 bridgehead atoms. The van der Waals surface area contributed by atoms with Gasteiger partial charge in [-0.1, -0.05) is 0 Å². The first-order valence-electron chi connectivity index (χ1n) is 12.5. The third-order valence-electron chi connectivity index (χ3n) is 6.59. The van der Waals surface area contributed by atoms with Gasteiger partial charge in [-0.15, -0.1) is 0 Å². The van der Waals surface area contributed by atoms with Gasteiger partial charge < -0.3 is 25.0 Å². The number of carbonyl (C=O) groups excluding carboxylic acids is 1. The SMILES string of the molecule is CN(C)CC(=O)Nc1cncc(-c2ccc3[nH]nc(-c4nc5c(N6CCN(C)CC6)nccc5[nH]4)c3n2)c1. The lowest BCUT2D eigenvalue weighted by Gasteiger charge is -2.33. The van der Waals surface area contributed by atoms with Crippen LogP contribution in [-0.2, 0) is 4.79 Å². The molecule has 38 heavy (non-hydrogen) atoms. The maximum Gasteiger partial charge on any atom is 0.238 e. The molecule has 6 rings (SSSR count). The monoisotopic (exact) mass is 511 g/mol. The lowest BCUT2D eigenvalue weighted by molar-refractivity contribution is -0.116. The summed E-state index contributed by atoms with van der Waals surface area (Å²) in [6.07, 6.45) is 5.16. The molecule has 0 radical (unpaired) electrons. The first-order valence-corrected chi connectivity index (χ1v) is 12.5. The first kappa shape index (κ1) is 23.9. The van der Waals surface area contributed by atoms with E-state index in [2.05, 4.69) is 47.3 Å². The molecule has 5 aromatic heterocycles. The van der Waals surface area contributed by atoms with Crippen molar-refractivity contribution in [1.82, 2.24) is 44.9 Å². The number of hydrogen-bond acceptors (Lipinski definition) is 9. The summed E-state index contributed by atoms with van der Waals surface area (Å²) < 4.78 is 0. The average molecular weight is 512 g/mol. The van der Waals surface area contributed by atoms with Crippen LogP contribution in [0.3, 0.4) is 0 Å². The zero-order chi connectivity index (χ0) is 26.2. The number of nitrogens with zero attached hydrogens (tertiary/aromatic N) is 8. The molecule has 0 aliphatic carbocycles. The van der Waals surface area contributed by atoms with E-state index in [0.29, 0.717) is 28.4 Å². The summed E-state index contributed by atoms with van der Waals surface area (Å²) in [5, 5.41) is 10.5. The number of piperazine rings is 1. The van der Waals surface area contributed by atoms with Gasteiger partial charge in [0.1, 0.15) is 11.0 Å². The Balaban J connectivity index is 1.34. The van der Waals surface area contributed by atoms with Gasteiger partial charge in [-0.2, -0.15) is 5.10 Å². The van der Waals surface area contributed by atoms with E-state index in [4.69, 9.17) is 9.97 Å². The topological polar surface area (TPSA) is 135 Å². The smallest absolute Gasteiger partial charge is 0.238 e. The van der Waals surface area contributed by atoms with Crippen molar-refractivity contribution in [2.75, 3.05) is 64.1 Å². The van der Waals surface area contributed by atoms with Crippen LogP contribution in [0.1, 0.15) is 0 Å². The Morgan fingerprint density at radius 1 is 1.05 bits per heavy atom. The van der Waals surface area contributed by atoms with Crippen LogP contribution in [0.15, 0.2) is 42.9 Å². The number of carbonyl (C=O) groups is 1. The number of fused-ring (bicyclic) bond motifs is 2. The third kappa shape index (κ3) is 4.66. The van der Waals surface area contributed by atoms with Crippen LogP contribution in [0, 0.1) is 0 Å². The molecule has 0 spiro atoms. The molecule has 194 valence electrons. The minimum atomic E-state index is -0.107. The van der Waals surface area contributed by atoms with E-state index in [9.17, 15) is 4.79 Å². The maximum absolute atomic E-state index is 12.2. The number of aromatic nitrogens is 7. The number of nitrogens with one attached hydrogen (secondary N) is 3. The van der Waals surface area contributed by atoms with Crippen LogP contribution >= 0.6 is 0 Å². The number of pyridine rings is 3. The Bertz CT molecular complexity index is 1610. The number of aromatic amines is 2. The molecule has 0 saturated carbocycles. The first-order chi connectivity index (χ1) is 18.4. The van der Waals surface area contributed by atoms with Crippen molar-refractivity contribution in [3.05, 3.63) is 42.9 Å². The average Bonchev–Trinajstić information content (AvgIpc) is 3.52. The highest BCUT2D eigenvalue weighted by Gasteiger charge is 2.21. The molecule has 1 saturated heterocycles. The van der Waals surface area contributed by atoms with Gasteiger partial charge in [0.2, 0.25) is 5.91 Å². The second-order valence-corrected chi connectivity index (χ2v) is 9.82. The lowest BCUT2D eigenvalue weighted by atomic mass is 10.1. The zero-order valence-electron chi connectivity index (χ0n) is 21.6. The Morgan fingerprint density at radius 2 is 1.89 bits per heavy atom. The molecule has 1 aliphatic heterocycles. The van der Waals surface area contributed by atoms with Crippen molar-refractivity contribution < 1.29 is 4.79 Å². The second kappa shape index (κ2) is 9.80. The zero-order valence-corrected chi connectivity index (χ0v) is 21.6. The van der Waals surface area contributed by atoms with Gasteiger partial charge in [0, 0.05) is 44.1 Å². The van der Waals surface area contributed by atoms with E-state index >= 15 is 0 Å².